The van der Waals surface area contributed by atoms with E-state index in [1.807, 2.05) is 19.1 Å². The summed E-state index contributed by atoms with van der Waals surface area (Å²) in [7, 11) is 0. The molecule has 0 aliphatic carbocycles. The molecular formula is C14H10N4O4. The molecular weight excluding hydrogens is 288 g/mol. The van der Waals surface area contributed by atoms with Crippen LogP contribution in [0.15, 0.2) is 42.6 Å². The van der Waals surface area contributed by atoms with Gasteiger partial charge >= 0.3 is 0 Å². The number of fused-ring (bicyclic) bond motifs is 1. The molecule has 8 heteroatoms. The van der Waals surface area contributed by atoms with Crippen molar-refractivity contribution < 1.29 is 9.85 Å². The third kappa shape index (κ3) is 2.16. The smallest absolute Gasteiger partial charge is 0.258 e. The summed E-state index contributed by atoms with van der Waals surface area (Å²) in [5.41, 5.74) is 1.38. The number of aryl methyl sites for hydroxylation is 1. The number of rotatable bonds is 3. The molecule has 0 N–H and O–H groups in total. The lowest BCUT2D eigenvalue weighted by atomic mass is 10.2. The summed E-state index contributed by atoms with van der Waals surface area (Å²) in [6, 6.07) is 9.57. The monoisotopic (exact) mass is 298 g/mol. The van der Waals surface area contributed by atoms with Gasteiger partial charge in [-0.05, 0) is 19.1 Å². The molecule has 0 atom stereocenters. The molecule has 0 unspecified atom stereocenters. The van der Waals surface area contributed by atoms with Gasteiger partial charge in [-0.15, -0.1) is 0 Å². The molecule has 3 rings (SSSR count). The minimum absolute atomic E-state index is 0.260. The van der Waals surface area contributed by atoms with E-state index in [0.29, 0.717) is 11.2 Å². The molecule has 8 nitrogen and oxygen atoms in total. The summed E-state index contributed by atoms with van der Waals surface area (Å²) >= 11 is 0. The van der Waals surface area contributed by atoms with E-state index in [1.165, 1.54) is 16.9 Å². The minimum atomic E-state index is -0.654. The first-order valence-corrected chi connectivity index (χ1v) is 6.35. The van der Waals surface area contributed by atoms with Crippen molar-refractivity contribution in [3.05, 3.63) is 68.4 Å². The van der Waals surface area contributed by atoms with Crippen LogP contribution in [-0.2, 0) is 0 Å². The number of aromatic nitrogens is 2. The van der Waals surface area contributed by atoms with Crippen molar-refractivity contribution in [3.63, 3.8) is 0 Å². The van der Waals surface area contributed by atoms with Gasteiger partial charge in [0, 0.05) is 6.07 Å². The fourth-order valence-electron chi connectivity index (χ4n) is 2.24. The molecule has 0 amide bonds. The molecule has 1 heterocycles. The van der Waals surface area contributed by atoms with Crippen molar-refractivity contribution >= 4 is 22.3 Å². The predicted molar refractivity (Wildman–Crippen MR) is 79.1 cm³/mol. The van der Waals surface area contributed by atoms with Crippen LogP contribution in [0.5, 0.6) is 0 Å². The second-order valence-corrected chi connectivity index (χ2v) is 4.80. The number of nitro groups is 2. The standard InChI is InChI=1S/C14H10N4O4/c1-9-2-4-10(5-3-9)16-13-6-11(17(19)20)7-14(18(21)22)12(13)8-15-16/h2-8H,1H3. The first kappa shape index (κ1) is 13.7. The third-order valence-electron chi connectivity index (χ3n) is 3.34. The van der Waals surface area contributed by atoms with E-state index >= 15 is 0 Å². The average molecular weight is 298 g/mol. The van der Waals surface area contributed by atoms with Crippen molar-refractivity contribution in [1.82, 2.24) is 9.78 Å². The minimum Gasteiger partial charge on any atom is -0.258 e. The van der Waals surface area contributed by atoms with E-state index in [9.17, 15) is 20.2 Å². The van der Waals surface area contributed by atoms with Crippen LogP contribution in [0.1, 0.15) is 5.56 Å². The van der Waals surface area contributed by atoms with Crippen molar-refractivity contribution in [1.29, 1.82) is 0 Å². The summed E-state index contributed by atoms with van der Waals surface area (Å²) in [5, 5.41) is 26.5. The Hall–Kier alpha value is -3.29. The SMILES string of the molecule is Cc1ccc(-n2ncc3c([N+](=O)[O-])cc([N+](=O)[O-])cc32)cc1. The number of nitro benzene ring substituents is 2. The quantitative estimate of drug-likeness (QED) is 0.545. The number of non-ortho nitro benzene ring substituents is 2. The zero-order valence-corrected chi connectivity index (χ0v) is 11.5. The normalized spacial score (nSPS) is 10.8. The topological polar surface area (TPSA) is 104 Å². The van der Waals surface area contributed by atoms with Crippen LogP contribution in [0, 0.1) is 27.2 Å². The number of hydrogen-bond acceptors (Lipinski definition) is 5. The molecule has 0 saturated carbocycles. The second-order valence-electron chi connectivity index (χ2n) is 4.80. The van der Waals surface area contributed by atoms with Crippen LogP contribution in [0.25, 0.3) is 16.6 Å². The third-order valence-corrected chi connectivity index (χ3v) is 3.34. The average Bonchev–Trinajstić information content (AvgIpc) is 2.90. The van der Waals surface area contributed by atoms with Gasteiger partial charge in [-0.1, -0.05) is 17.7 Å². The van der Waals surface area contributed by atoms with E-state index in [-0.39, 0.29) is 16.8 Å². The number of benzene rings is 2. The summed E-state index contributed by atoms with van der Waals surface area (Å²) in [6.07, 6.45) is 1.34. The van der Waals surface area contributed by atoms with Crippen molar-refractivity contribution in [2.75, 3.05) is 0 Å². The van der Waals surface area contributed by atoms with Crippen LogP contribution in [0.3, 0.4) is 0 Å². The van der Waals surface area contributed by atoms with Gasteiger partial charge in [0.25, 0.3) is 11.4 Å². The molecule has 22 heavy (non-hydrogen) atoms. The first-order valence-electron chi connectivity index (χ1n) is 6.35. The Morgan fingerprint density at radius 2 is 1.73 bits per heavy atom. The fraction of sp³-hybridized carbons (Fsp3) is 0.0714. The van der Waals surface area contributed by atoms with E-state index in [0.717, 1.165) is 11.6 Å². The van der Waals surface area contributed by atoms with Crippen LogP contribution in [0.4, 0.5) is 11.4 Å². The van der Waals surface area contributed by atoms with Crippen molar-refractivity contribution in [3.8, 4) is 5.69 Å². The second kappa shape index (κ2) is 4.92. The van der Waals surface area contributed by atoms with Crippen molar-refractivity contribution in [2.45, 2.75) is 6.92 Å². The fourth-order valence-corrected chi connectivity index (χ4v) is 2.24. The van der Waals surface area contributed by atoms with E-state index in [4.69, 9.17) is 0 Å². The maximum absolute atomic E-state index is 11.1. The molecule has 2 aromatic carbocycles. The van der Waals surface area contributed by atoms with Gasteiger partial charge in [-0.3, -0.25) is 20.2 Å². The Morgan fingerprint density at radius 1 is 1.05 bits per heavy atom. The van der Waals surface area contributed by atoms with Crippen LogP contribution < -0.4 is 0 Å². The Morgan fingerprint density at radius 3 is 2.32 bits per heavy atom. The van der Waals surface area contributed by atoms with Gasteiger partial charge in [0.05, 0.1) is 38.7 Å². The Balaban J connectivity index is 2.31. The maximum Gasteiger partial charge on any atom is 0.287 e. The van der Waals surface area contributed by atoms with Gasteiger partial charge < -0.3 is 0 Å². The summed E-state index contributed by atoms with van der Waals surface area (Å²) < 4.78 is 1.45. The summed E-state index contributed by atoms with van der Waals surface area (Å²) in [5.74, 6) is 0. The highest BCUT2D eigenvalue weighted by atomic mass is 16.6. The van der Waals surface area contributed by atoms with Gasteiger partial charge in [0.1, 0.15) is 0 Å². The predicted octanol–water partition coefficient (Wildman–Crippen LogP) is 3.15. The molecule has 0 aliphatic rings. The van der Waals surface area contributed by atoms with E-state index in [1.54, 1.807) is 12.1 Å². The van der Waals surface area contributed by atoms with Crippen LogP contribution >= 0.6 is 0 Å². The largest absolute Gasteiger partial charge is 0.287 e. The maximum atomic E-state index is 11.1. The molecule has 0 aliphatic heterocycles. The summed E-state index contributed by atoms with van der Waals surface area (Å²) in [6.45, 7) is 1.93. The highest BCUT2D eigenvalue weighted by Gasteiger charge is 2.22. The van der Waals surface area contributed by atoms with E-state index < -0.39 is 9.85 Å². The van der Waals surface area contributed by atoms with Gasteiger partial charge in [0.2, 0.25) is 0 Å². The van der Waals surface area contributed by atoms with Crippen molar-refractivity contribution in [2.24, 2.45) is 0 Å². The highest BCUT2D eigenvalue weighted by molar-refractivity contribution is 5.91. The molecule has 0 spiro atoms. The zero-order chi connectivity index (χ0) is 15.9. The molecule has 0 fully saturated rings. The first-order chi connectivity index (χ1) is 10.5. The molecule has 110 valence electrons. The zero-order valence-electron chi connectivity index (χ0n) is 11.5. The van der Waals surface area contributed by atoms with Gasteiger partial charge in [-0.2, -0.15) is 5.10 Å². The lowest BCUT2D eigenvalue weighted by molar-refractivity contribution is -0.393. The Labute approximate surface area is 123 Å². The van der Waals surface area contributed by atoms with Gasteiger partial charge in [-0.25, -0.2) is 4.68 Å². The Kier molecular flexibility index (Phi) is 3.06. The Bertz CT molecular complexity index is 899. The molecule has 0 saturated heterocycles. The molecule has 3 aromatic rings. The molecule has 0 radical (unpaired) electrons. The highest BCUT2D eigenvalue weighted by Crippen LogP contribution is 2.32. The lowest BCUT2D eigenvalue weighted by Crippen LogP contribution is -1.98. The number of hydrogen-bond donors (Lipinski definition) is 0. The van der Waals surface area contributed by atoms with Gasteiger partial charge in [0.15, 0.2) is 0 Å². The summed E-state index contributed by atoms with van der Waals surface area (Å²) in [4.78, 5) is 20.8. The number of nitrogens with zero attached hydrogens (tertiary/aromatic N) is 4. The molecule has 0 bridgehead atoms. The lowest BCUT2D eigenvalue weighted by Gasteiger charge is -2.04. The van der Waals surface area contributed by atoms with E-state index in [2.05, 4.69) is 5.10 Å². The van der Waals surface area contributed by atoms with Crippen LogP contribution in [-0.4, -0.2) is 19.6 Å². The van der Waals surface area contributed by atoms with Crippen LogP contribution in [0.2, 0.25) is 0 Å². The molecule has 1 aromatic heterocycles.